The van der Waals surface area contributed by atoms with E-state index in [2.05, 4.69) is 13.8 Å². The van der Waals surface area contributed by atoms with Gasteiger partial charge < -0.3 is 4.74 Å². The molecular formula is C6H14OTi. The molecule has 8 heavy (non-hydrogen) atoms. The zero-order chi connectivity index (χ0) is 5.54. The van der Waals surface area contributed by atoms with Gasteiger partial charge in [-0.3, -0.25) is 0 Å². The second-order valence-electron chi connectivity index (χ2n) is 1.61. The van der Waals surface area contributed by atoms with E-state index in [4.69, 9.17) is 4.74 Å². The fourth-order valence-electron chi connectivity index (χ4n) is 0.391. The second kappa shape index (κ2) is 10.6. The summed E-state index contributed by atoms with van der Waals surface area (Å²) in [5, 5.41) is 0. The predicted molar refractivity (Wildman–Crippen MR) is 31.4 cm³/mol. The molecule has 0 spiro atoms. The molecule has 0 unspecified atom stereocenters. The van der Waals surface area contributed by atoms with Crippen LogP contribution in [0.1, 0.15) is 26.7 Å². The van der Waals surface area contributed by atoms with Crippen LogP contribution >= 0.6 is 0 Å². The van der Waals surface area contributed by atoms with Gasteiger partial charge in [0.15, 0.2) is 0 Å². The summed E-state index contributed by atoms with van der Waals surface area (Å²) in [4.78, 5) is 0. The van der Waals surface area contributed by atoms with Crippen molar-refractivity contribution >= 4 is 0 Å². The Kier molecular flexibility index (Phi) is 15.2. The summed E-state index contributed by atoms with van der Waals surface area (Å²) in [7, 11) is 0. The number of hydrogen-bond donors (Lipinski definition) is 0. The maximum atomic E-state index is 5.13. The Labute approximate surface area is 66.7 Å². The van der Waals surface area contributed by atoms with E-state index in [0.29, 0.717) is 0 Å². The summed E-state index contributed by atoms with van der Waals surface area (Å²) < 4.78 is 5.13. The van der Waals surface area contributed by atoms with Gasteiger partial charge in [0.1, 0.15) is 0 Å². The molecule has 0 radical (unpaired) electrons. The zero-order valence-corrected chi connectivity index (χ0v) is 7.30. The largest absolute Gasteiger partial charge is 0.381 e. The maximum Gasteiger partial charge on any atom is 0.0463 e. The Morgan fingerprint density at radius 2 is 1.38 bits per heavy atom. The third-order valence-electron chi connectivity index (χ3n) is 0.697. The summed E-state index contributed by atoms with van der Waals surface area (Å²) in [6, 6.07) is 0. The molecule has 48 valence electrons. The van der Waals surface area contributed by atoms with Crippen LogP contribution in [0.5, 0.6) is 0 Å². The molecule has 0 aromatic heterocycles. The minimum absolute atomic E-state index is 0. The van der Waals surface area contributed by atoms with Gasteiger partial charge in [-0.05, 0) is 12.8 Å². The standard InChI is InChI=1S/C6H14O.Ti/c1-3-5-7-6-4-2;/h3-6H2,1-2H3;. The SMILES string of the molecule is CCCOCCC.[Ti]. The first-order chi connectivity index (χ1) is 3.41. The Hall–Kier alpha value is 0.674. The van der Waals surface area contributed by atoms with Gasteiger partial charge in [0.25, 0.3) is 0 Å². The van der Waals surface area contributed by atoms with Gasteiger partial charge in [-0.1, -0.05) is 13.8 Å². The van der Waals surface area contributed by atoms with Crippen molar-refractivity contribution in [3.8, 4) is 0 Å². The Bertz CT molecular complexity index is 27.7. The molecule has 0 amide bonds. The molecular weight excluding hydrogens is 136 g/mol. The van der Waals surface area contributed by atoms with Gasteiger partial charge in [0.2, 0.25) is 0 Å². The van der Waals surface area contributed by atoms with Crippen LogP contribution in [0.2, 0.25) is 0 Å². The minimum Gasteiger partial charge on any atom is -0.381 e. The van der Waals surface area contributed by atoms with Crippen LogP contribution in [0.3, 0.4) is 0 Å². The van der Waals surface area contributed by atoms with Crippen molar-refractivity contribution in [2.24, 2.45) is 0 Å². The third-order valence-corrected chi connectivity index (χ3v) is 0.697. The van der Waals surface area contributed by atoms with Crippen molar-refractivity contribution in [2.45, 2.75) is 26.7 Å². The van der Waals surface area contributed by atoms with Crippen molar-refractivity contribution in [1.82, 2.24) is 0 Å². The van der Waals surface area contributed by atoms with Crippen LogP contribution in [-0.4, -0.2) is 13.2 Å². The third kappa shape index (κ3) is 9.84. The van der Waals surface area contributed by atoms with Gasteiger partial charge in [0, 0.05) is 34.9 Å². The zero-order valence-electron chi connectivity index (χ0n) is 5.74. The molecule has 0 saturated carbocycles. The summed E-state index contributed by atoms with van der Waals surface area (Å²) in [6.45, 7) is 6.09. The molecule has 1 nitrogen and oxygen atoms in total. The molecule has 0 atom stereocenters. The van der Waals surface area contributed by atoms with Crippen LogP contribution in [0, 0.1) is 0 Å². The van der Waals surface area contributed by atoms with Crippen LogP contribution in [0.25, 0.3) is 0 Å². The molecule has 0 rings (SSSR count). The molecule has 0 N–H and O–H groups in total. The van der Waals surface area contributed by atoms with Crippen molar-refractivity contribution in [3.63, 3.8) is 0 Å². The van der Waals surface area contributed by atoms with Gasteiger partial charge >= 0.3 is 0 Å². The monoisotopic (exact) mass is 150 g/mol. The molecule has 0 fully saturated rings. The second-order valence-corrected chi connectivity index (χ2v) is 1.61. The van der Waals surface area contributed by atoms with Crippen molar-refractivity contribution in [1.29, 1.82) is 0 Å². The van der Waals surface area contributed by atoms with Crippen LogP contribution in [0.15, 0.2) is 0 Å². The van der Waals surface area contributed by atoms with E-state index in [0.717, 1.165) is 26.1 Å². The van der Waals surface area contributed by atoms with Gasteiger partial charge in [-0.15, -0.1) is 0 Å². The van der Waals surface area contributed by atoms with E-state index >= 15 is 0 Å². The van der Waals surface area contributed by atoms with E-state index in [1.165, 1.54) is 0 Å². The van der Waals surface area contributed by atoms with Crippen molar-refractivity contribution < 1.29 is 26.5 Å². The van der Waals surface area contributed by atoms with E-state index in [9.17, 15) is 0 Å². The minimum atomic E-state index is 0. The average molecular weight is 150 g/mol. The normalized spacial score (nSPS) is 8.25. The summed E-state index contributed by atoms with van der Waals surface area (Å²) in [5.74, 6) is 0. The fraction of sp³-hybridized carbons (Fsp3) is 1.00. The van der Waals surface area contributed by atoms with Crippen molar-refractivity contribution in [3.05, 3.63) is 0 Å². The molecule has 2 heteroatoms. The fourth-order valence-corrected chi connectivity index (χ4v) is 0.391. The number of hydrogen-bond acceptors (Lipinski definition) is 1. The molecule has 0 bridgehead atoms. The van der Waals surface area contributed by atoms with Crippen LogP contribution in [0.4, 0.5) is 0 Å². The molecule has 0 aromatic carbocycles. The summed E-state index contributed by atoms with van der Waals surface area (Å²) >= 11 is 0. The molecule has 0 aromatic rings. The molecule has 0 saturated heterocycles. The summed E-state index contributed by atoms with van der Waals surface area (Å²) in [5.41, 5.74) is 0. The summed E-state index contributed by atoms with van der Waals surface area (Å²) in [6.07, 6.45) is 2.28. The maximum absolute atomic E-state index is 5.13. The number of rotatable bonds is 4. The first kappa shape index (κ1) is 11.5. The average Bonchev–Trinajstić information content (AvgIpc) is 1.69. The first-order valence-electron chi connectivity index (χ1n) is 2.99. The Morgan fingerprint density at radius 3 is 1.62 bits per heavy atom. The van der Waals surface area contributed by atoms with E-state index in [1.807, 2.05) is 0 Å². The molecule has 0 aliphatic rings. The van der Waals surface area contributed by atoms with Gasteiger partial charge in [-0.2, -0.15) is 0 Å². The van der Waals surface area contributed by atoms with E-state index < -0.39 is 0 Å². The smallest absolute Gasteiger partial charge is 0.0463 e. The van der Waals surface area contributed by atoms with Gasteiger partial charge in [-0.25, -0.2) is 0 Å². The quantitative estimate of drug-likeness (QED) is 0.438. The Morgan fingerprint density at radius 1 is 1.00 bits per heavy atom. The topological polar surface area (TPSA) is 9.23 Å². The number of ether oxygens (including phenoxy) is 1. The molecule has 0 heterocycles. The first-order valence-corrected chi connectivity index (χ1v) is 2.99. The molecule has 0 aliphatic heterocycles. The Balaban J connectivity index is 0. The van der Waals surface area contributed by atoms with E-state index in [1.54, 1.807) is 0 Å². The predicted octanol–water partition coefficient (Wildman–Crippen LogP) is 1.82. The van der Waals surface area contributed by atoms with Crippen LogP contribution in [-0.2, 0) is 26.5 Å². The van der Waals surface area contributed by atoms with Crippen LogP contribution < -0.4 is 0 Å². The van der Waals surface area contributed by atoms with Gasteiger partial charge in [0.05, 0.1) is 0 Å². The van der Waals surface area contributed by atoms with Crippen molar-refractivity contribution in [2.75, 3.05) is 13.2 Å². The van der Waals surface area contributed by atoms with E-state index in [-0.39, 0.29) is 21.7 Å². The molecule has 0 aliphatic carbocycles.